The van der Waals surface area contributed by atoms with Crippen LogP contribution in [-0.4, -0.2) is 52.6 Å². The quantitative estimate of drug-likeness (QED) is 0.633. The van der Waals surface area contributed by atoms with Crippen LogP contribution in [-0.2, 0) is 9.48 Å². The van der Waals surface area contributed by atoms with Gasteiger partial charge in [0.05, 0.1) is 35.1 Å². The molecule has 0 bridgehead atoms. The number of pyridine rings is 1. The third-order valence-corrected chi connectivity index (χ3v) is 7.66. The third kappa shape index (κ3) is 3.36. The van der Waals surface area contributed by atoms with Crippen LogP contribution in [0.15, 0.2) is 30.3 Å². The summed E-state index contributed by atoms with van der Waals surface area (Å²) < 4.78 is 12.0. The lowest BCUT2D eigenvalue weighted by Gasteiger charge is -2.52. The van der Waals surface area contributed by atoms with Crippen LogP contribution in [0, 0.1) is 0 Å². The van der Waals surface area contributed by atoms with Gasteiger partial charge in [-0.05, 0) is 64.3 Å². The van der Waals surface area contributed by atoms with Gasteiger partial charge in [0.2, 0.25) is 0 Å². The zero-order chi connectivity index (χ0) is 22.7. The monoisotopic (exact) mass is 451 g/mol. The molecule has 7 nitrogen and oxygen atoms in total. The second kappa shape index (κ2) is 7.49. The lowest BCUT2D eigenvalue weighted by molar-refractivity contribution is 0.00707. The Kier molecular flexibility index (Phi) is 4.98. The van der Waals surface area contributed by atoms with Crippen molar-refractivity contribution in [1.29, 1.82) is 0 Å². The van der Waals surface area contributed by atoms with Crippen LogP contribution in [0.4, 0.5) is 11.6 Å². The Morgan fingerprint density at radius 1 is 1.16 bits per heavy atom. The fraction of sp³-hybridized carbons (Fsp3) is 0.458. The summed E-state index contributed by atoms with van der Waals surface area (Å²) in [4.78, 5) is 16.9. The smallest absolute Gasteiger partial charge is 0.184 e. The van der Waals surface area contributed by atoms with Gasteiger partial charge >= 0.3 is 0 Å². The van der Waals surface area contributed by atoms with Gasteiger partial charge < -0.3 is 20.1 Å². The van der Waals surface area contributed by atoms with E-state index in [2.05, 4.69) is 49.9 Å². The van der Waals surface area contributed by atoms with Gasteiger partial charge in [-0.15, -0.1) is 0 Å². The summed E-state index contributed by atoms with van der Waals surface area (Å²) in [5, 5.41) is 1.00. The molecule has 2 N–H and O–H groups in total. The Morgan fingerprint density at radius 2 is 1.97 bits per heavy atom. The Hall–Kier alpha value is -2.58. The molecule has 168 valence electrons. The molecule has 0 spiro atoms. The van der Waals surface area contributed by atoms with E-state index in [0.717, 1.165) is 33.7 Å². The molecule has 1 saturated heterocycles. The number of thioether (sulfide) groups is 1. The van der Waals surface area contributed by atoms with E-state index in [0.29, 0.717) is 31.5 Å². The normalized spacial score (nSPS) is 22.9. The number of aromatic nitrogens is 3. The summed E-state index contributed by atoms with van der Waals surface area (Å²) in [7, 11) is 0. The molecular formula is C24H29N5O2S. The van der Waals surface area contributed by atoms with E-state index in [-0.39, 0.29) is 16.3 Å². The molecule has 4 heterocycles. The van der Waals surface area contributed by atoms with Gasteiger partial charge in [-0.1, -0.05) is 0 Å². The van der Waals surface area contributed by atoms with Crippen LogP contribution in [0.2, 0.25) is 0 Å². The fourth-order valence-corrected chi connectivity index (χ4v) is 4.91. The van der Waals surface area contributed by atoms with E-state index in [1.54, 1.807) is 11.8 Å². The first kappa shape index (κ1) is 21.3. The number of hydrogen-bond acceptors (Lipinski definition) is 8. The van der Waals surface area contributed by atoms with Crippen molar-refractivity contribution in [1.82, 2.24) is 15.0 Å². The number of benzene rings is 1. The van der Waals surface area contributed by atoms with Crippen LogP contribution in [0.5, 0.6) is 5.75 Å². The van der Waals surface area contributed by atoms with Crippen molar-refractivity contribution in [3.05, 3.63) is 36.0 Å². The molecule has 0 amide bonds. The summed E-state index contributed by atoms with van der Waals surface area (Å²) in [6.07, 6.45) is 2.10. The predicted octanol–water partition coefficient (Wildman–Crippen LogP) is 4.25. The topological polar surface area (TPSA) is 86.4 Å². The van der Waals surface area contributed by atoms with E-state index in [1.807, 2.05) is 24.3 Å². The van der Waals surface area contributed by atoms with Gasteiger partial charge in [-0.3, -0.25) is 0 Å². The number of ether oxygens (including phenoxy) is 2. The fourth-order valence-electron chi connectivity index (χ4n) is 4.58. The highest BCUT2D eigenvalue weighted by Crippen LogP contribution is 2.48. The molecule has 3 aromatic rings. The minimum absolute atomic E-state index is 0.188. The van der Waals surface area contributed by atoms with Crippen molar-refractivity contribution in [2.45, 2.75) is 44.0 Å². The van der Waals surface area contributed by atoms with E-state index >= 15 is 0 Å². The van der Waals surface area contributed by atoms with Crippen molar-refractivity contribution in [2.24, 2.45) is 0 Å². The Bertz CT molecular complexity index is 1200. The van der Waals surface area contributed by atoms with Crippen LogP contribution in [0.1, 0.15) is 33.4 Å². The van der Waals surface area contributed by atoms with Crippen LogP contribution in [0.3, 0.4) is 0 Å². The zero-order valence-corrected chi connectivity index (χ0v) is 20.0. The molecule has 2 aromatic heterocycles. The first-order valence-electron chi connectivity index (χ1n) is 10.9. The van der Waals surface area contributed by atoms with E-state index in [4.69, 9.17) is 25.2 Å². The number of anilines is 2. The first-order valence-corrected chi connectivity index (χ1v) is 12.1. The van der Waals surface area contributed by atoms with Gasteiger partial charge in [-0.25, -0.2) is 15.0 Å². The van der Waals surface area contributed by atoms with Gasteiger partial charge in [0, 0.05) is 10.9 Å². The van der Waals surface area contributed by atoms with Gasteiger partial charge in [0.1, 0.15) is 18.1 Å². The lowest BCUT2D eigenvalue weighted by atomic mass is 9.95. The molecule has 32 heavy (non-hydrogen) atoms. The van der Waals surface area contributed by atoms with Crippen LogP contribution in [0.25, 0.3) is 22.3 Å². The number of nitrogens with zero attached hydrogens (tertiary/aromatic N) is 4. The van der Waals surface area contributed by atoms with Crippen molar-refractivity contribution in [2.75, 3.05) is 36.7 Å². The summed E-state index contributed by atoms with van der Waals surface area (Å²) in [6.45, 7) is 10.5. The molecule has 0 unspecified atom stereocenters. The molecular weight excluding hydrogens is 422 g/mol. The lowest BCUT2D eigenvalue weighted by Crippen LogP contribution is -2.64. The number of nitrogen functional groups attached to an aromatic ring is 1. The largest absolute Gasteiger partial charge is 0.485 e. The maximum absolute atomic E-state index is 6.35. The average molecular weight is 452 g/mol. The number of nitrogens with two attached hydrogens (primary N) is 1. The SMILES string of the molecule is CSC(C)(C)c1nc(-c2ccc3nc(N)ccc3c2)nc2c1OC[C@]1(C)COC[C@@H](C)N21. The second-order valence-corrected chi connectivity index (χ2v) is 10.9. The highest BCUT2D eigenvalue weighted by molar-refractivity contribution is 7.99. The number of hydrogen-bond donors (Lipinski definition) is 1. The summed E-state index contributed by atoms with van der Waals surface area (Å²) in [5.41, 5.74) is 8.31. The Labute approximate surface area is 192 Å². The molecule has 5 rings (SSSR count). The molecule has 8 heteroatoms. The van der Waals surface area contributed by atoms with Gasteiger partial charge in [0.15, 0.2) is 17.4 Å². The highest BCUT2D eigenvalue weighted by atomic mass is 32.2. The van der Waals surface area contributed by atoms with Crippen LogP contribution < -0.4 is 15.4 Å². The molecule has 1 fully saturated rings. The molecule has 2 atom stereocenters. The van der Waals surface area contributed by atoms with E-state index in [9.17, 15) is 0 Å². The second-order valence-electron chi connectivity index (χ2n) is 9.43. The van der Waals surface area contributed by atoms with Crippen molar-refractivity contribution >= 4 is 34.3 Å². The number of morpholine rings is 1. The van der Waals surface area contributed by atoms with Crippen molar-refractivity contribution < 1.29 is 9.47 Å². The van der Waals surface area contributed by atoms with Crippen LogP contribution >= 0.6 is 11.8 Å². The molecule has 1 aromatic carbocycles. The zero-order valence-electron chi connectivity index (χ0n) is 19.2. The standard InChI is InChI=1S/C24H29N5O2S/c1-14-11-30-12-24(4)13-31-19-20(23(2,3)32-5)27-21(28-22(19)29(14)24)16-6-8-17-15(10-16)7-9-18(25)26-17/h6-10,14H,11-13H2,1-5H3,(H2,25,26)/t14-,24+/m1/s1. The predicted molar refractivity (Wildman–Crippen MR) is 130 cm³/mol. The summed E-state index contributed by atoms with van der Waals surface area (Å²) in [5.74, 6) is 2.84. The maximum atomic E-state index is 6.35. The average Bonchev–Trinajstić information content (AvgIpc) is 2.77. The van der Waals surface area contributed by atoms with Gasteiger partial charge in [0.25, 0.3) is 0 Å². The molecule has 0 aliphatic carbocycles. The summed E-state index contributed by atoms with van der Waals surface area (Å²) in [6, 6.07) is 10.0. The minimum atomic E-state index is -0.262. The minimum Gasteiger partial charge on any atom is -0.485 e. The highest BCUT2D eigenvalue weighted by Gasteiger charge is 2.47. The van der Waals surface area contributed by atoms with Crippen molar-refractivity contribution in [3.8, 4) is 17.1 Å². The molecule has 2 aliphatic rings. The van der Waals surface area contributed by atoms with E-state index in [1.165, 1.54) is 0 Å². The Balaban J connectivity index is 1.73. The molecule has 2 aliphatic heterocycles. The number of fused-ring (bicyclic) bond motifs is 4. The van der Waals surface area contributed by atoms with Gasteiger partial charge in [-0.2, -0.15) is 11.8 Å². The summed E-state index contributed by atoms with van der Waals surface area (Å²) >= 11 is 1.75. The Morgan fingerprint density at radius 3 is 2.75 bits per heavy atom. The van der Waals surface area contributed by atoms with E-state index < -0.39 is 0 Å². The molecule has 0 radical (unpaired) electrons. The number of rotatable bonds is 3. The third-order valence-electron chi connectivity index (χ3n) is 6.45. The molecule has 0 saturated carbocycles. The van der Waals surface area contributed by atoms with Crippen molar-refractivity contribution in [3.63, 3.8) is 0 Å². The maximum Gasteiger partial charge on any atom is 0.184 e. The first-order chi connectivity index (χ1) is 15.2.